The van der Waals surface area contributed by atoms with E-state index < -0.39 is 5.97 Å². The zero-order valence-corrected chi connectivity index (χ0v) is 10.0. The van der Waals surface area contributed by atoms with Gasteiger partial charge in [0.2, 0.25) is 0 Å². The molecule has 3 heteroatoms. The number of carbonyl (C=O) groups is 1. The van der Waals surface area contributed by atoms with Crippen molar-refractivity contribution in [2.75, 3.05) is 0 Å². The van der Waals surface area contributed by atoms with E-state index in [4.69, 9.17) is 5.11 Å². The molecule has 0 saturated carbocycles. The van der Waals surface area contributed by atoms with Crippen LogP contribution in [0.3, 0.4) is 0 Å². The normalized spacial score (nSPS) is 18.3. The Morgan fingerprint density at radius 1 is 1.33 bits per heavy atom. The third kappa shape index (κ3) is 7.14. The maximum atomic E-state index is 10.6. The highest BCUT2D eigenvalue weighted by atomic mass is 16.4. The van der Waals surface area contributed by atoms with Gasteiger partial charge in [-0.1, -0.05) is 25.5 Å². The number of aliphatic hydroxyl groups is 1. The fraction of sp³-hybridized carbons (Fsp3) is 0.750. The summed E-state index contributed by atoms with van der Waals surface area (Å²) in [6.45, 7) is 7.44. The van der Waals surface area contributed by atoms with Gasteiger partial charge in [0, 0.05) is 0 Å². The Morgan fingerprint density at radius 3 is 2.27 bits per heavy atom. The van der Waals surface area contributed by atoms with E-state index >= 15 is 0 Å². The van der Waals surface area contributed by atoms with Crippen LogP contribution in [0.25, 0.3) is 0 Å². The highest BCUT2D eigenvalue weighted by Gasteiger charge is 2.11. The number of hydrogen-bond acceptors (Lipinski definition) is 2. The Bertz CT molecular complexity index is 231. The van der Waals surface area contributed by atoms with Crippen molar-refractivity contribution >= 4 is 5.97 Å². The van der Waals surface area contributed by atoms with E-state index in [0.29, 0.717) is 12.3 Å². The Balaban J connectivity index is 4.13. The number of allylic oxidation sites excluding steroid dienone is 2. The van der Waals surface area contributed by atoms with Gasteiger partial charge in [-0.15, -0.1) is 0 Å². The smallest absolute Gasteiger partial charge is 0.306 e. The summed E-state index contributed by atoms with van der Waals surface area (Å²) in [5, 5.41) is 17.9. The molecule has 2 N–H and O–H groups in total. The highest BCUT2D eigenvalue weighted by Crippen LogP contribution is 2.16. The topological polar surface area (TPSA) is 57.5 Å². The Morgan fingerprint density at radius 2 is 1.87 bits per heavy atom. The molecule has 0 fully saturated rings. The van der Waals surface area contributed by atoms with Crippen molar-refractivity contribution in [2.24, 2.45) is 11.8 Å². The minimum atomic E-state index is -0.758. The largest absolute Gasteiger partial charge is 0.481 e. The van der Waals surface area contributed by atoms with Gasteiger partial charge in [-0.3, -0.25) is 4.79 Å². The second kappa shape index (κ2) is 6.62. The van der Waals surface area contributed by atoms with Crippen molar-refractivity contribution < 1.29 is 15.0 Å². The minimum absolute atomic E-state index is 0.297. The maximum absolute atomic E-state index is 10.6. The number of carboxylic acids is 1. The second-order valence-electron chi connectivity index (χ2n) is 4.52. The molecule has 3 atom stereocenters. The first-order chi connectivity index (χ1) is 6.82. The predicted octanol–water partition coefficient (Wildman–Crippen LogP) is 2.45. The molecule has 0 amide bonds. The number of aliphatic hydroxyl groups excluding tert-OH is 1. The molecule has 0 aliphatic carbocycles. The van der Waals surface area contributed by atoms with Crippen LogP contribution >= 0.6 is 0 Å². The van der Waals surface area contributed by atoms with E-state index in [9.17, 15) is 9.90 Å². The third-order valence-electron chi connectivity index (χ3n) is 2.33. The molecule has 0 aromatic heterocycles. The lowest BCUT2D eigenvalue weighted by molar-refractivity contribution is -0.141. The van der Waals surface area contributed by atoms with Gasteiger partial charge >= 0.3 is 5.97 Å². The summed E-state index contributed by atoms with van der Waals surface area (Å²) in [5.41, 5.74) is 1.08. The molecule has 0 bridgehead atoms. The fourth-order valence-electron chi connectivity index (χ4n) is 1.73. The highest BCUT2D eigenvalue weighted by molar-refractivity contribution is 5.69. The molecule has 0 saturated heterocycles. The first-order valence-electron chi connectivity index (χ1n) is 5.41. The number of carboxylic acid groups (broad SMARTS) is 1. The van der Waals surface area contributed by atoms with Crippen LogP contribution in [-0.4, -0.2) is 22.3 Å². The van der Waals surface area contributed by atoms with E-state index in [-0.39, 0.29) is 12.0 Å². The first-order valence-corrected chi connectivity index (χ1v) is 5.41. The van der Waals surface area contributed by atoms with Crippen LogP contribution in [0, 0.1) is 11.8 Å². The Hall–Kier alpha value is -0.830. The average molecular weight is 214 g/mol. The predicted molar refractivity (Wildman–Crippen MR) is 60.6 cm³/mol. The molecule has 0 aromatic rings. The van der Waals surface area contributed by atoms with Crippen molar-refractivity contribution in [2.45, 2.75) is 46.6 Å². The van der Waals surface area contributed by atoms with Crippen molar-refractivity contribution in [1.82, 2.24) is 0 Å². The molecule has 0 unspecified atom stereocenters. The van der Waals surface area contributed by atoms with Crippen LogP contribution in [0.5, 0.6) is 0 Å². The van der Waals surface area contributed by atoms with Crippen molar-refractivity contribution in [3.8, 4) is 0 Å². The lowest BCUT2D eigenvalue weighted by Crippen LogP contribution is -2.10. The van der Waals surface area contributed by atoms with Crippen LogP contribution in [0.1, 0.15) is 40.5 Å². The summed E-state index contributed by atoms with van der Waals surface area (Å²) >= 11 is 0. The summed E-state index contributed by atoms with van der Waals surface area (Å²) in [4.78, 5) is 10.6. The van der Waals surface area contributed by atoms with Crippen LogP contribution in [-0.2, 0) is 4.79 Å². The summed E-state index contributed by atoms with van der Waals surface area (Å²) < 4.78 is 0. The molecule has 0 radical (unpaired) electrons. The lowest BCUT2D eigenvalue weighted by atomic mass is 9.96. The van der Waals surface area contributed by atoms with Crippen LogP contribution in [0.4, 0.5) is 0 Å². The minimum Gasteiger partial charge on any atom is -0.481 e. The van der Waals surface area contributed by atoms with Gasteiger partial charge in [-0.2, -0.15) is 0 Å². The average Bonchev–Trinajstić information content (AvgIpc) is 2.00. The molecule has 0 aromatic carbocycles. The molecular weight excluding hydrogens is 192 g/mol. The molecule has 0 aliphatic heterocycles. The van der Waals surface area contributed by atoms with Crippen molar-refractivity contribution in [3.63, 3.8) is 0 Å². The standard InChI is InChI=1S/C12H22O3/c1-8(6-10(3)12(14)15)5-9(2)7-11(4)13/h5,9-11,13H,6-7H2,1-4H3,(H,14,15)/b8-5+/t9-,10-,11-/m0/s1. The third-order valence-corrected chi connectivity index (χ3v) is 2.33. The monoisotopic (exact) mass is 214 g/mol. The molecule has 3 nitrogen and oxygen atoms in total. The zero-order valence-electron chi connectivity index (χ0n) is 10.0. The quantitative estimate of drug-likeness (QED) is 0.668. The van der Waals surface area contributed by atoms with Crippen molar-refractivity contribution in [1.29, 1.82) is 0 Å². The Labute approximate surface area is 91.8 Å². The van der Waals surface area contributed by atoms with E-state index in [1.165, 1.54) is 0 Å². The van der Waals surface area contributed by atoms with Gasteiger partial charge in [0.15, 0.2) is 0 Å². The van der Waals surface area contributed by atoms with Crippen LogP contribution in [0.15, 0.2) is 11.6 Å². The fourth-order valence-corrected chi connectivity index (χ4v) is 1.73. The summed E-state index contributed by atoms with van der Waals surface area (Å²) in [7, 11) is 0. The number of aliphatic carboxylic acids is 1. The summed E-state index contributed by atoms with van der Waals surface area (Å²) in [5.74, 6) is -0.795. The van der Waals surface area contributed by atoms with E-state index in [1.54, 1.807) is 13.8 Å². The summed E-state index contributed by atoms with van der Waals surface area (Å²) in [6, 6.07) is 0. The first kappa shape index (κ1) is 14.2. The molecule has 15 heavy (non-hydrogen) atoms. The Kier molecular flexibility index (Phi) is 6.25. The van der Waals surface area contributed by atoms with E-state index in [1.807, 2.05) is 19.9 Å². The zero-order chi connectivity index (χ0) is 12.0. The molecule has 88 valence electrons. The van der Waals surface area contributed by atoms with Gasteiger partial charge in [0.25, 0.3) is 0 Å². The second-order valence-corrected chi connectivity index (χ2v) is 4.52. The van der Waals surface area contributed by atoms with Gasteiger partial charge in [-0.05, 0) is 32.6 Å². The number of hydrogen-bond donors (Lipinski definition) is 2. The maximum Gasteiger partial charge on any atom is 0.306 e. The van der Waals surface area contributed by atoms with Crippen molar-refractivity contribution in [3.05, 3.63) is 11.6 Å². The van der Waals surface area contributed by atoms with Gasteiger partial charge in [0.05, 0.1) is 12.0 Å². The van der Waals surface area contributed by atoms with E-state index in [2.05, 4.69) is 0 Å². The summed E-state index contributed by atoms with van der Waals surface area (Å²) in [6.07, 6.45) is 3.05. The SMILES string of the molecule is C/C(=C\[C@H](C)C[C@H](C)O)C[C@H](C)C(=O)O. The number of rotatable bonds is 6. The van der Waals surface area contributed by atoms with Crippen LogP contribution < -0.4 is 0 Å². The molecular formula is C12H22O3. The van der Waals surface area contributed by atoms with Gasteiger partial charge in [0.1, 0.15) is 0 Å². The molecule has 0 spiro atoms. The van der Waals surface area contributed by atoms with Gasteiger partial charge in [-0.25, -0.2) is 0 Å². The van der Waals surface area contributed by atoms with E-state index in [0.717, 1.165) is 12.0 Å². The molecule has 0 heterocycles. The molecule has 0 aliphatic rings. The lowest BCUT2D eigenvalue weighted by Gasteiger charge is -2.12. The van der Waals surface area contributed by atoms with Gasteiger partial charge < -0.3 is 10.2 Å². The molecule has 0 rings (SSSR count). The van der Waals surface area contributed by atoms with Crippen LogP contribution in [0.2, 0.25) is 0 Å².